The maximum Gasteiger partial charge on any atom is 0.244 e. The van der Waals surface area contributed by atoms with Crippen LogP contribution in [0.4, 0.5) is 5.69 Å². The predicted octanol–water partition coefficient (Wildman–Crippen LogP) is 2.92. The number of rotatable bonds is 5. The van der Waals surface area contributed by atoms with Gasteiger partial charge in [-0.3, -0.25) is 9.59 Å². The fourth-order valence-corrected chi connectivity index (χ4v) is 3.09. The summed E-state index contributed by atoms with van der Waals surface area (Å²) in [5.74, 6) is -0.349. The number of carbonyl (C=O) groups excluding carboxylic acids is 2. The number of piperidine rings is 1. The first-order valence-corrected chi connectivity index (χ1v) is 8.54. The van der Waals surface area contributed by atoms with E-state index in [-0.39, 0.29) is 24.4 Å². The first kappa shape index (κ1) is 18.0. The van der Waals surface area contributed by atoms with Crippen LogP contribution in [0.3, 0.4) is 0 Å². The van der Waals surface area contributed by atoms with Crippen molar-refractivity contribution in [2.45, 2.75) is 32.2 Å². The van der Waals surface area contributed by atoms with Crippen LogP contribution in [-0.2, 0) is 9.59 Å². The minimum atomic E-state index is -0.314. The van der Waals surface area contributed by atoms with Gasteiger partial charge in [0.15, 0.2) is 0 Å². The van der Waals surface area contributed by atoms with Crippen molar-refractivity contribution in [3.05, 3.63) is 28.2 Å². The largest absolute Gasteiger partial charge is 0.332 e. The molecule has 1 aliphatic heterocycles. The number of halogens is 2. The SMILES string of the molecule is CCN(CC(=O)Nc1c(Cl)cccc1Cl)C(=O)[C@H]1CCCCN1. The van der Waals surface area contributed by atoms with E-state index in [9.17, 15) is 9.59 Å². The lowest BCUT2D eigenvalue weighted by Crippen LogP contribution is -2.50. The average molecular weight is 358 g/mol. The normalized spacial score (nSPS) is 17.6. The molecule has 0 saturated carbocycles. The van der Waals surface area contributed by atoms with Crippen LogP contribution < -0.4 is 10.6 Å². The number of nitrogens with zero attached hydrogens (tertiary/aromatic N) is 1. The van der Waals surface area contributed by atoms with Crippen LogP contribution in [0, 0.1) is 0 Å². The molecule has 2 N–H and O–H groups in total. The molecule has 0 spiro atoms. The number of carbonyl (C=O) groups is 2. The Morgan fingerprint density at radius 3 is 2.57 bits per heavy atom. The van der Waals surface area contributed by atoms with E-state index in [0.29, 0.717) is 22.3 Å². The monoisotopic (exact) mass is 357 g/mol. The van der Waals surface area contributed by atoms with Gasteiger partial charge in [-0.05, 0) is 38.4 Å². The van der Waals surface area contributed by atoms with Crippen LogP contribution in [0.5, 0.6) is 0 Å². The topological polar surface area (TPSA) is 61.4 Å². The molecule has 0 radical (unpaired) electrons. The summed E-state index contributed by atoms with van der Waals surface area (Å²) < 4.78 is 0. The molecular weight excluding hydrogens is 337 g/mol. The molecule has 2 rings (SSSR count). The van der Waals surface area contributed by atoms with Gasteiger partial charge in [-0.1, -0.05) is 35.7 Å². The Morgan fingerprint density at radius 1 is 1.30 bits per heavy atom. The minimum absolute atomic E-state index is 0.0188. The molecule has 1 fully saturated rings. The molecule has 1 aromatic carbocycles. The summed E-state index contributed by atoms with van der Waals surface area (Å²) in [4.78, 5) is 26.3. The molecule has 1 aromatic rings. The van der Waals surface area contributed by atoms with Gasteiger partial charge >= 0.3 is 0 Å². The lowest BCUT2D eigenvalue weighted by molar-refractivity contribution is -0.136. The number of para-hydroxylation sites is 1. The average Bonchev–Trinajstić information content (AvgIpc) is 2.56. The summed E-state index contributed by atoms with van der Waals surface area (Å²) in [5.41, 5.74) is 0.375. The number of likely N-dealkylation sites (N-methyl/N-ethyl adjacent to an activating group) is 1. The molecule has 0 unspecified atom stereocenters. The summed E-state index contributed by atoms with van der Waals surface area (Å²) in [6.07, 6.45) is 2.93. The van der Waals surface area contributed by atoms with E-state index >= 15 is 0 Å². The second kappa shape index (κ2) is 8.52. The highest BCUT2D eigenvalue weighted by Gasteiger charge is 2.26. The van der Waals surface area contributed by atoms with Crippen LogP contribution in [0.15, 0.2) is 18.2 Å². The van der Waals surface area contributed by atoms with E-state index in [2.05, 4.69) is 10.6 Å². The van der Waals surface area contributed by atoms with Crippen LogP contribution in [0.25, 0.3) is 0 Å². The van der Waals surface area contributed by atoms with Crippen LogP contribution in [0.2, 0.25) is 10.0 Å². The van der Waals surface area contributed by atoms with Crippen LogP contribution in [-0.4, -0.2) is 42.4 Å². The van der Waals surface area contributed by atoms with Gasteiger partial charge < -0.3 is 15.5 Å². The van der Waals surface area contributed by atoms with E-state index in [1.54, 1.807) is 23.1 Å². The first-order valence-electron chi connectivity index (χ1n) is 7.79. The lowest BCUT2D eigenvalue weighted by Gasteiger charge is -2.29. The molecule has 0 bridgehead atoms. The number of anilines is 1. The fourth-order valence-electron chi connectivity index (χ4n) is 2.60. The fraction of sp³-hybridized carbons (Fsp3) is 0.500. The summed E-state index contributed by atoms with van der Waals surface area (Å²) >= 11 is 12.1. The van der Waals surface area contributed by atoms with E-state index in [1.165, 1.54) is 0 Å². The maximum atomic E-state index is 12.5. The Bertz CT molecular complexity index is 554. The zero-order valence-corrected chi connectivity index (χ0v) is 14.6. The standard InChI is InChI=1S/C16H21Cl2N3O2/c1-2-21(16(23)13-8-3-4-9-19-13)10-14(22)20-15-11(17)6-5-7-12(15)18/h5-7,13,19H,2-4,8-10H2,1H3,(H,20,22)/t13-/m1/s1. The van der Waals surface area contributed by atoms with Gasteiger partial charge in [0.05, 0.1) is 28.3 Å². The molecule has 2 amide bonds. The van der Waals surface area contributed by atoms with E-state index < -0.39 is 0 Å². The molecule has 1 atom stereocenters. The number of hydrogen-bond donors (Lipinski definition) is 2. The van der Waals surface area contributed by atoms with Crippen molar-refractivity contribution in [1.29, 1.82) is 0 Å². The van der Waals surface area contributed by atoms with E-state index in [0.717, 1.165) is 25.8 Å². The smallest absolute Gasteiger partial charge is 0.244 e. The molecular formula is C16H21Cl2N3O2. The van der Waals surface area contributed by atoms with Crippen LogP contribution >= 0.6 is 23.2 Å². The Hall–Kier alpha value is -1.30. The van der Waals surface area contributed by atoms with Crippen molar-refractivity contribution in [2.75, 3.05) is 25.0 Å². The zero-order chi connectivity index (χ0) is 16.8. The van der Waals surface area contributed by atoms with Gasteiger partial charge in [-0.15, -0.1) is 0 Å². The molecule has 7 heteroatoms. The highest BCUT2D eigenvalue weighted by Crippen LogP contribution is 2.29. The summed E-state index contributed by atoms with van der Waals surface area (Å²) in [6.45, 7) is 3.15. The molecule has 1 heterocycles. The maximum absolute atomic E-state index is 12.5. The number of hydrogen-bond acceptors (Lipinski definition) is 3. The lowest BCUT2D eigenvalue weighted by atomic mass is 10.0. The minimum Gasteiger partial charge on any atom is -0.332 e. The van der Waals surface area contributed by atoms with Crippen molar-refractivity contribution in [2.24, 2.45) is 0 Å². The van der Waals surface area contributed by atoms with Crippen molar-refractivity contribution in [3.8, 4) is 0 Å². The van der Waals surface area contributed by atoms with Gasteiger partial charge in [0.1, 0.15) is 0 Å². The molecule has 1 saturated heterocycles. The van der Waals surface area contributed by atoms with Gasteiger partial charge in [0.25, 0.3) is 0 Å². The van der Waals surface area contributed by atoms with E-state index in [1.807, 2.05) is 6.92 Å². The van der Waals surface area contributed by atoms with Crippen molar-refractivity contribution in [3.63, 3.8) is 0 Å². The van der Waals surface area contributed by atoms with Gasteiger partial charge in [-0.25, -0.2) is 0 Å². The number of benzene rings is 1. The Balaban J connectivity index is 1.98. The third kappa shape index (κ3) is 4.83. The number of amides is 2. The van der Waals surface area contributed by atoms with Crippen LogP contribution in [0.1, 0.15) is 26.2 Å². The Labute approximate surface area is 146 Å². The van der Waals surface area contributed by atoms with Gasteiger partial charge in [0, 0.05) is 6.54 Å². The molecule has 0 aromatic heterocycles. The molecule has 5 nitrogen and oxygen atoms in total. The third-order valence-corrected chi connectivity index (χ3v) is 4.49. The van der Waals surface area contributed by atoms with Crippen molar-refractivity contribution >= 4 is 40.7 Å². The van der Waals surface area contributed by atoms with Gasteiger partial charge in [0.2, 0.25) is 11.8 Å². The molecule has 1 aliphatic rings. The quantitative estimate of drug-likeness (QED) is 0.851. The first-order chi connectivity index (χ1) is 11.0. The zero-order valence-electron chi connectivity index (χ0n) is 13.1. The predicted molar refractivity (Wildman–Crippen MR) is 93.0 cm³/mol. The number of nitrogens with one attached hydrogen (secondary N) is 2. The molecule has 0 aliphatic carbocycles. The second-order valence-electron chi connectivity index (χ2n) is 5.50. The van der Waals surface area contributed by atoms with Crippen molar-refractivity contribution < 1.29 is 9.59 Å². The molecule has 126 valence electrons. The third-order valence-electron chi connectivity index (χ3n) is 3.86. The second-order valence-corrected chi connectivity index (χ2v) is 6.31. The van der Waals surface area contributed by atoms with E-state index in [4.69, 9.17) is 23.2 Å². The Morgan fingerprint density at radius 2 is 2.00 bits per heavy atom. The summed E-state index contributed by atoms with van der Waals surface area (Å²) in [6, 6.07) is 4.81. The molecule has 23 heavy (non-hydrogen) atoms. The highest BCUT2D eigenvalue weighted by molar-refractivity contribution is 6.39. The Kier molecular flexibility index (Phi) is 6.69. The van der Waals surface area contributed by atoms with Crippen molar-refractivity contribution in [1.82, 2.24) is 10.2 Å². The summed E-state index contributed by atoms with van der Waals surface area (Å²) in [5, 5.41) is 6.63. The highest BCUT2D eigenvalue weighted by atomic mass is 35.5. The summed E-state index contributed by atoms with van der Waals surface area (Å²) in [7, 11) is 0. The van der Waals surface area contributed by atoms with Gasteiger partial charge in [-0.2, -0.15) is 0 Å².